The van der Waals surface area contributed by atoms with Gasteiger partial charge in [-0.25, -0.2) is 0 Å². The van der Waals surface area contributed by atoms with E-state index in [0.717, 1.165) is 36.1 Å². The van der Waals surface area contributed by atoms with Gasteiger partial charge in [-0.3, -0.25) is 9.59 Å². The molecule has 1 aromatic carbocycles. The molecule has 1 saturated carbocycles. The molecule has 2 unspecified atom stereocenters. The summed E-state index contributed by atoms with van der Waals surface area (Å²) in [6.07, 6.45) is 5.30. The van der Waals surface area contributed by atoms with E-state index < -0.39 is 0 Å². The van der Waals surface area contributed by atoms with E-state index in [-0.39, 0.29) is 23.7 Å². The van der Waals surface area contributed by atoms with Crippen LogP contribution in [0.3, 0.4) is 0 Å². The number of hydrogen-bond donors (Lipinski definition) is 1. The zero-order valence-electron chi connectivity index (χ0n) is 12.6. The van der Waals surface area contributed by atoms with Crippen LogP contribution < -0.4 is 5.32 Å². The SMILES string of the molecule is O=C(Nc1ccc(Br)cc1)C1CC1C(=O)N1CCCCCC1. The van der Waals surface area contributed by atoms with E-state index in [1.807, 2.05) is 29.2 Å². The fourth-order valence-electron chi connectivity index (χ4n) is 3.05. The molecule has 3 rings (SSSR count). The van der Waals surface area contributed by atoms with Gasteiger partial charge in [0.15, 0.2) is 0 Å². The largest absolute Gasteiger partial charge is 0.342 e. The number of halogens is 1. The maximum atomic E-state index is 12.5. The molecule has 118 valence electrons. The van der Waals surface area contributed by atoms with Crippen molar-refractivity contribution >= 4 is 33.4 Å². The lowest BCUT2D eigenvalue weighted by Crippen LogP contribution is -2.34. The molecular weight excluding hydrogens is 344 g/mol. The molecule has 0 radical (unpaired) electrons. The number of carbonyl (C=O) groups excluding carboxylic acids is 2. The zero-order valence-corrected chi connectivity index (χ0v) is 14.1. The fourth-order valence-corrected chi connectivity index (χ4v) is 3.32. The van der Waals surface area contributed by atoms with Crippen LogP contribution in [0.2, 0.25) is 0 Å². The number of anilines is 1. The Balaban J connectivity index is 1.53. The quantitative estimate of drug-likeness (QED) is 0.892. The number of likely N-dealkylation sites (tertiary alicyclic amines) is 1. The molecule has 4 nitrogen and oxygen atoms in total. The Kier molecular flexibility index (Phi) is 4.81. The summed E-state index contributed by atoms with van der Waals surface area (Å²) in [5, 5.41) is 2.90. The normalized spacial score (nSPS) is 24.5. The van der Waals surface area contributed by atoms with Crippen molar-refractivity contribution in [1.29, 1.82) is 0 Å². The van der Waals surface area contributed by atoms with Crippen molar-refractivity contribution in [2.75, 3.05) is 18.4 Å². The van der Waals surface area contributed by atoms with Crippen molar-refractivity contribution in [3.8, 4) is 0 Å². The van der Waals surface area contributed by atoms with Crippen LogP contribution in [-0.4, -0.2) is 29.8 Å². The highest BCUT2D eigenvalue weighted by molar-refractivity contribution is 9.10. The van der Waals surface area contributed by atoms with Crippen LogP contribution in [0.4, 0.5) is 5.69 Å². The maximum absolute atomic E-state index is 12.5. The molecule has 1 aliphatic heterocycles. The molecule has 2 aliphatic rings. The van der Waals surface area contributed by atoms with Crippen molar-refractivity contribution in [2.24, 2.45) is 11.8 Å². The second-order valence-electron chi connectivity index (χ2n) is 6.18. The summed E-state index contributed by atoms with van der Waals surface area (Å²) in [5.74, 6) is -0.110. The number of nitrogens with zero attached hydrogens (tertiary/aromatic N) is 1. The number of rotatable bonds is 3. The highest BCUT2D eigenvalue weighted by Crippen LogP contribution is 2.41. The molecule has 0 bridgehead atoms. The first-order valence-corrected chi connectivity index (χ1v) is 8.79. The zero-order chi connectivity index (χ0) is 15.5. The van der Waals surface area contributed by atoms with Crippen LogP contribution in [0.5, 0.6) is 0 Å². The van der Waals surface area contributed by atoms with Gasteiger partial charge in [-0.15, -0.1) is 0 Å². The van der Waals surface area contributed by atoms with Gasteiger partial charge in [0.1, 0.15) is 0 Å². The fraction of sp³-hybridized carbons (Fsp3) is 0.529. The Labute approximate surface area is 139 Å². The van der Waals surface area contributed by atoms with E-state index in [4.69, 9.17) is 0 Å². The third-order valence-corrected chi connectivity index (χ3v) is 5.00. The third-order valence-electron chi connectivity index (χ3n) is 4.47. The first kappa shape index (κ1) is 15.5. The molecule has 1 aromatic rings. The maximum Gasteiger partial charge on any atom is 0.228 e. The summed E-state index contributed by atoms with van der Waals surface area (Å²) in [6, 6.07) is 7.50. The molecule has 1 N–H and O–H groups in total. The van der Waals surface area contributed by atoms with Crippen molar-refractivity contribution in [3.05, 3.63) is 28.7 Å². The summed E-state index contributed by atoms with van der Waals surface area (Å²) in [7, 11) is 0. The molecule has 5 heteroatoms. The monoisotopic (exact) mass is 364 g/mol. The van der Waals surface area contributed by atoms with Gasteiger partial charge in [0.2, 0.25) is 11.8 Å². The van der Waals surface area contributed by atoms with Gasteiger partial charge in [0.25, 0.3) is 0 Å². The second kappa shape index (κ2) is 6.82. The third kappa shape index (κ3) is 3.69. The second-order valence-corrected chi connectivity index (χ2v) is 7.10. The number of carbonyl (C=O) groups is 2. The Bertz CT molecular complexity index is 550. The molecule has 1 aliphatic carbocycles. The lowest BCUT2D eigenvalue weighted by Gasteiger charge is -2.20. The Morgan fingerprint density at radius 2 is 1.64 bits per heavy atom. The van der Waals surface area contributed by atoms with Crippen LogP contribution in [0.25, 0.3) is 0 Å². The minimum absolute atomic E-state index is 0.0319. The van der Waals surface area contributed by atoms with Crippen LogP contribution in [0.15, 0.2) is 28.7 Å². The van der Waals surface area contributed by atoms with Crippen molar-refractivity contribution < 1.29 is 9.59 Å². The summed E-state index contributed by atoms with van der Waals surface area (Å²) < 4.78 is 0.978. The highest BCUT2D eigenvalue weighted by atomic mass is 79.9. The van der Waals surface area contributed by atoms with Crippen molar-refractivity contribution in [2.45, 2.75) is 32.1 Å². The standard InChI is InChI=1S/C17H21BrN2O2/c18-12-5-7-13(8-6-12)19-16(21)14-11-15(14)17(22)20-9-3-1-2-4-10-20/h5-8,14-15H,1-4,9-11H2,(H,19,21). The molecule has 2 fully saturated rings. The molecule has 0 spiro atoms. The van der Waals surface area contributed by atoms with Gasteiger partial charge in [0, 0.05) is 23.2 Å². The van der Waals surface area contributed by atoms with Crippen molar-refractivity contribution in [1.82, 2.24) is 4.90 Å². The number of benzene rings is 1. The van der Waals surface area contributed by atoms with Crippen LogP contribution in [-0.2, 0) is 9.59 Å². The molecular formula is C17H21BrN2O2. The minimum Gasteiger partial charge on any atom is -0.342 e. The smallest absolute Gasteiger partial charge is 0.228 e. The van der Waals surface area contributed by atoms with Gasteiger partial charge in [-0.05, 0) is 43.5 Å². The average molecular weight is 365 g/mol. The van der Waals surface area contributed by atoms with E-state index in [1.54, 1.807) is 0 Å². The van der Waals surface area contributed by atoms with Crippen molar-refractivity contribution in [3.63, 3.8) is 0 Å². The molecule has 2 amide bonds. The van der Waals surface area contributed by atoms with Gasteiger partial charge < -0.3 is 10.2 Å². The Morgan fingerprint density at radius 3 is 2.27 bits per heavy atom. The minimum atomic E-state index is -0.153. The van der Waals surface area contributed by atoms with E-state index in [9.17, 15) is 9.59 Å². The van der Waals surface area contributed by atoms with E-state index in [0.29, 0.717) is 6.42 Å². The highest BCUT2D eigenvalue weighted by Gasteiger charge is 2.49. The Morgan fingerprint density at radius 1 is 1.00 bits per heavy atom. The number of nitrogens with one attached hydrogen (secondary N) is 1. The Hall–Kier alpha value is -1.36. The van der Waals surface area contributed by atoms with Crippen LogP contribution >= 0.6 is 15.9 Å². The van der Waals surface area contributed by atoms with Gasteiger partial charge in [-0.1, -0.05) is 28.8 Å². The lowest BCUT2D eigenvalue weighted by atomic mass is 10.2. The molecule has 0 aromatic heterocycles. The van der Waals surface area contributed by atoms with E-state index in [1.165, 1.54) is 12.8 Å². The predicted molar refractivity (Wildman–Crippen MR) is 89.4 cm³/mol. The summed E-state index contributed by atoms with van der Waals surface area (Å²) >= 11 is 3.37. The van der Waals surface area contributed by atoms with E-state index in [2.05, 4.69) is 21.2 Å². The van der Waals surface area contributed by atoms with Crippen LogP contribution in [0, 0.1) is 11.8 Å². The van der Waals surface area contributed by atoms with Gasteiger partial charge in [-0.2, -0.15) is 0 Å². The molecule has 1 heterocycles. The number of hydrogen-bond acceptors (Lipinski definition) is 2. The first-order chi connectivity index (χ1) is 10.6. The molecule has 2 atom stereocenters. The van der Waals surface area contributed by atoms with E-state index >= 15 is 0 Å². The lowest BCUT2D eigenvalue weighted by molar-refractivity contribution is -0.134. The summed E-state index contributed by atoms with van der Waals surface area (Å²) in [4.78, 5) is 26.7. The molecule has 1 saturated heterocycles. The topological polar surface area (TPSA) is 49.4 Å². The summed E-state index contributed by atoms with van der Waals surface area (Å²) in [5.41, 5.74) is 0.779. The predicted octanol–water partition coefficient (Wildman–Crippen LogP) is 3.43. The first-order valence-electron chi connectivity index (χ1n) is 8.00. The average Bonchev–Trinajstić information content (AvgIpc) is 3.33. The molecule has 22 heavy (non-hydrogen) atoms. The number of amides is 2. The van der Waals surface area contributed by atoms with Crippen LogP contribution in [0.1, 0.15) is 32.1 Å². The summed E-state index contributed by atoms with van der Waals surface area (Å²) in [6.45, 7) is 1.72. The van der Waals surface area contributed by atoms with Gasteiger partial charge >= 0.3 is 0 Å². The van der Waals surface area contributed by atoms with Gasteiger partial charge in [0.05, 0.1) is 11.8 Å².